The van der Waals surface area contributed by atoms with Crippen LogP contribution in [0, 0.1) is 0 Å². The maximum atomic E-state index is 10.4. The molecule has 0 aromatic carbocycles. The Morgan fingerprint density at radius 3 is 2.46 bits per heavy atom. The van der Waals surface area contributed by atoms with E-state index in [4.69, 9.17) is 13.7 Å². The molecule has 6 heteroatoms. The normalized spacial score (nSPS) is 10.3. The number of halogens is 1. The van der Waals surface area contributed by atoms with Crippen molar-refractivity contribution in [2.45, 2.75) is 6.92 Å². The fourth-order valence-electron chi connectivity index (χ4n) is 0.560. The number of hydrogen-bond donors (Lipinski definition) is 0. The monoisotopic (exact) mass is 320 g/mol. The molecule has 4 nitrogen and oxygen atoms in total. The third kappa shape index (κ3) is 12.6. The number of Topliss-reactive ketones (excluding diaryl/α,β-unsaturated/α-hetero) is 1. The van der Waals surface area contributed by atoms with Crippen molar-refractivity contribution in [1.82, 2.24) is 0 Å². The topological polar surface area (TPSA) is 44.8 Å². The van der Waals surface area contributed by atoms with Crippen molar-refractivity contribution in [3.8, 4) is 0 Å². The van der Waals surface area contributed by atoms with E-state index in [1.165, 1.54) is 16.1 Å². The quantitative estimate of drug-likeness (QED) is 0.367. The molecule has 0 aromatic heterocycles. The van der Waals surface area contributed by atoms with Crippen molar-refractivity contribution in [1.29, 1.82) is 0 Å². The second-order valence-electron chi connectivity index (χ2n) is 2.25. The second kappa shape index (κ2) is 10.7. The predicted molar refractivity (Wildman–Crippen MR) is 59.9 cm³/mol. The fourth-order valence-corrected chi connectivity index (χ4v) is 1.23. The van der Waals surface area contributed by atoms with Crippen LogP contribution in [0.5, 0.6) is 0 Å². The van der Waals surface area contributed by atoms with Crippen LogP contribution in [-0.2, 0) is 18.5 Å². The van der Waals surface area contributed by atoms with E-state index >= 15 is 0 Å². The summed E-state index contributed by atoms with van der Waals surface area (Å²) >= 11 is 2.05. The summed E-state index contributed by atoms with van der Waals surface area (Å²) in [6, 6.07) is 0. The van der Waals surface area contributed by atoms with E-state index in [9.17, 15) is 4.79 Å². The zero-order valence-electron chi connectivity index (χ0n) is 7.45. The van der Waals surface area contributed by atoms with Gasteiger partial charge in [-0.05, 0) is 6.92 Å². The predicted octanol–water partition coefficient (Wildman–Crippen LogP) is 1.62. The first kappa shape index (κ1) is 13.6. The van der Waals surface area contributed by atoms with Crippen LogP contribution in [0.1, 0.15) is 6.92 Å². The van der Waals surface area contributed by atoms with Gasteiger partial charge in [-0.1, -0.05) is 0 Å². The molecule has 0 fully saturated rings. The highest BCUT2D eigenvalue weighted by atomic mass is 127. The van der Waals surface area contributed by atoms with Gasteiger partial charge in [-0.15, -0.1) is 0 Å². The molecule has 13 heavy (non-hydrogen) atoms. The Morgan fingerprint density at radius 2 is 1.85 bits per heavy atom. The molecule has 0 aliphatic heterocycles. The lowest BCUT2D eigenvalue weighted by atomic mass is 10.5. The van der Waals surface area contributed by atoms with Gasteiger partial charge in [0.05, 0.1) is 35.6 Å². The highest BCUT2D eigenvalue weighted by molar-refractivity contribution is 14.2. The molecule has 0 saturated heterocycles. The fraction of sp³-hybridized carbons (Fsp3) is 0.857. The van der Waals surface area contributed by atoms with E-state index in [0.717, 1.165) is 0 Å². The molecule has 0 heterocycles. The molecule has 78 valence electrons. The number of ether oxygens (including phenoxy) is 2. The lowest BCUT2D eigenvalue weighted by Gasteiger charge is -2.03. The van der Waals surface area contributed by atoms with Gasteiger partial charge in [0.1, 0.15) is 6.61 Å². The highest BCUT2D eigenvalue weighted by Crippen LogP contribution is 2.10. The molecule has 0 atom stereocenters. The molecule has 0 aromatic rings. The third-order valence-electron chi connectivity index (χ3n) is 1.03. The van der Waals surface area contributed by atoms with Crippen LogP contribution in [0.25, 0.3) is 0 Å². The van der Waals surface area contributed by atoms with Crippen LogP contribution in [-0.4, -0.2) is 38.8 Å². The number of carbonyl (C=O) groups is 1. The molecule has 0 amide bonds. The minimum Gasteiger partial charge on any atom is -0.377 e. The van der Waals surface area contributed by atoms with Crippen LogP contribution < -0.4 is 0 Å². The average molecular weight is 320 g/mol. The SMILES string of the molecule is CC(=O)COCCOCCOSI. The summed E-state index contributed by atoms with van der Waals surface area (Å²) in [5.74, 6) is 0.0321. The summed E-state index contributed by atoms with van der Waals surface area (Å²) in [7, 11) is 1.29. The summed E-state index contributed by atoms with van der Waals surface area (Å²) in [6.07, 6.45) is 0. The van der Waals surface area contributed by atoms with Crippen LogP contribution in [0.15, 0.2) is 0 Å². The van der Waals surface area contributed by atoms with E-state index < -0.39 is 0 Å². The maximum Gasteiger partial charge on any atom is 0.155 e. The summed E-state index contributed by atoms with van der Waals surface area (Å²) in [6.45, 7) is 3.75. The third-order valence-corrected chi connectivity index (χ3v) is 2.05. The lowest BCUT2D eigenvalue weighted by molar-refractivity contribution is -0.122. The van der Waals surface area contributed by atoms with Crippen molar-refractivity contribution in [3.05, 3.63) is 0 Å². The van der Waals surface area contributed by atoms with Gasteiger partial charge in [0.2, 0.25) is 0 Å². The lowest BCUT2D eigenvalue weighted by Crippen LogP contribution is -2.11. The molecule has 0 bridgehead atoms. The Kier molecular flexibility index (Phi) is 11.2. The first-order valence-corrected chi connectivity index (χ1v) is 7.11. The van der Waals surface area contributed by atoms with Crippen molar-refractivity contribution in [2.75, 3.05) is 33.0 Å². The molecule has 0 rings (SSSR count). The standard InChI is InChI=1S/C7H13IO4S/c1-7(9)6-11-3-2-10-4-5-12-13-8/h2-6H2,1H3. The largest absolute Gasteiger partial charge is 0.377 e. The molecule has 0 aliphatic carbocycles. The van der Waals surface area contributed by atoms with E-state index in [1.807, 2.05) is 21.2 Å². The zero-order valence-corrected chi connectivity index (χ0v) is 10.4. The van der Waals surface area contributed by atoms with Gasteiger partial charge in [-0.25, -0.2) is 0 Å². The molecular weight excluding hydrogens is 307 g/mol. The smallest absolute Gasteiger partial charge is 0.155 e. The second-order valence-corrected chi connectivity index (χ2v) is 3.69. The Labute approximate surface area is 94.5 Å². The van der Waals surface area contributed by atoms with Crippen molar-refractivity contribution < 1.29 is 18.5 Å². The van der Waals surface area contributed by atoms with E-state index in [2.05, 4.69) is 0 Å². The molecule has 0 saturated carbocycles. The summed E-state index contributed by atoms with van der Waals surface area (Å²) in [5.41, 5.74) is 0. The van der Waals surface area contributed by atoms with Crippen molar-refractivity contribution in [3.63, 3.8) is 0 Å². The molecule has 0 spiro atoms. The summed E-state index contributed by atoms with van der Waals surface area (Å²) in [4.78, 5) is 10.4. The van der Waals surface area contributed by atoms with E-state index in [-0.39, 0.29) is 12.4 Å². The van der Waals surface area contributed by atoms with Crippen LogP contribution in [0.2, 0.25) is 0 Å². The minimum absolute atomic E-state index is 0.0321. The van der Waals surface area contributed by atoms with Gasteiger partial charge in [0, 0.05) is 21.2 Å². The molecule has 0 aliphatic rings. The molecular formula is C7H13IO4S. The van der Waals surface area contributed by atoms with Crippen LogP contribution in [0.4, 0.5) is 0 Å². The Balaban J connectivity index is 2.87. The number of ketones is 1. The van der Waals surface area contributed by atoms with Gasteiger partial charge in [-0.3, -0.25) is 4.79 Å². The van der Waals surface area contributed by atoms with Crippen LogP contribution in [0.3, 0.4) is 0 Å². The Hall–Kier alpha value is 0.630. The summed E-state index contributed by atoms with van der Waals surface area (Å²) < 4.78 is 15.1. The number of hydrogen-bond acceptors (Lipinski definition) is 5. The van der Waals surface area contributed by atoms with E-state index in [0.29, 0.717) is 26.4 Å². The van der Waals surface area contributed by atoms with Gasteiger partial charge < -0.3 is 13.7 Å². The van der Waals surface area contributed by atoms with Gasteiger partial charge in [-0.2, -0.15) is 0 Å². The summed E-state index contributed by atoms with van der Waals surface area (Å²) in [5, 5.41) is 0. The van der Waals surface area contributed by atoms with Gasteiger partial charge in [0.25, 0.3) is 0 Å². The Bertz CT molecular complexity index is 134. The maximum absolute atomic E-state index is 10.4. The first-order valence-electron chi connectivity index (χ1n) is 3.82. The highest BCUT2D eigenvalue weighted by Gasteiger charge is 1.93. The molecule has 0 N–H and O–H groups in total. The first-order chi connectivity index (χ1) is 6.27. The van der Waals surface area contributed by atoms with Crippen molar-refractivity contribution in [2.24, 2.45) is 0 Å². The van der Waals surface area contributed by atoms with Crippen LogP contribution >= 0.6 is 30.4 Å². The van der Waals surface area contributed by atoms with Gasteiger partial charge in [0.15, 0.2) is 5.78 Å². The average Bonchev–Trinajstić information content (AvgIpc) is 2.09. The zero-order chi connectivity index (χ0) is 9.94. The minimum atomic E-state index is 0.0321. The van der Waals surface area contributed by atoms with E-state index in [1.54, 1.807) is 0 Å². The van der Waals surface area contributed by atoms with Gasteiger partial charge >= 0.3 is 0 Å². The Morgan fingerprint density at radius 1 is 1.23 bits per heavy atom. The molecule has 0 unspecified atom stereocenters. The molecule has 0 radical (unpaired) electrons. The number of carbonyl (C=O) groups excluding carboxylic acids is 1. The number of rotatable bonds is 9. The van der Waals surface area contributed by atoms with Crippen molar-refractivity contribution >= 4 is 36.2 Å².